The average Bonchev–Trinajstić information content (AvgIpc) is 2.48. The number of aliphatic hydroxyl groups excluding tert-OH is 1. The van der Waals surface area contributed by atoms with Gasteiger partial charge in [0, 0.05) is 19.3 Å². The minimum absolute atomic E-state index is 0.00912. The summed E-state index contributed by atoms with van der Waals surface area (Å²) in [7, 11) is 0. The zero-order valence-corrected chi connectivity index (χ0v) is 10.9. The summed E-state index contributed by atoms with van der Waals surface area (Å²) in [6, 6.07) is 13.0. The Labute approximate surface area is 117 Å². The number of carboxylic acid groups (broad SMARTS) is 1. The lowest BCUT2D eigenvalue weighted by Gasteiger charge is -2.23. The molecule has 5 heteroatoms. The fraction of sp³-hybridized carbons (Fsp3) is 0.200. The molecule has 2 rings (SSSR count). The molecule has 0 saturated heterocycles. The molecule has 5 nitrogen and oxygen atoms in total. The molecule has 0 aliphatic heterocycles. The van der Waals surface area contributed by atoms with E-state index in [4.69, 9.17) is 10.2 Å². The molecule has 0 bridgehead atoms. The van der Waals surface area contributed by atoms with Gasteiger partial charge in [-0.2, -0.15) is 0 Å². The third-order valence-corrected chi connectivity index (χ3v) is 2.90. The summed E-state index contributed by atoms with van der Waals surface area (Å²) in [5.41, 5.74) is 1.25. The van der Waals surface area contributed by atoms with Crippen LogP contribution in [0, 0.1) is 0 Å². The Bertz CT molecular complexity index is 555. The maximum atomic E-state index is 10.8. The molecular weight excluding hydrogens is 256 g/mol. The molecule has 1 aromatic heterocycles. The van der Waals surface area contributed by atoms with Crippen LogP contribution in [0.5, 0.6) is 0 Å². The van der Waals surface area contributed by atoms with Crippen molar-refractivity contribution in [3.8, 4) is 0 Å². The van der Waals surface area contributed by atoms with Crippen LogP contribution in [-0.4, -0.2) is 34.3 Å². The largest absolute Gasteiger partial charge is 0.478 e. The van der Waals surface area contributed by atoms with Crippen molar-refractivity contribution in [2.45, 2.75) is 6.54 Å². The minimum Gasteiger partial charge on any atom is -0.478 e. The smallest absolute Gasteiger partial charge is 0.337 e. The second-order valence-electron chi connectivity index (χ2n) is 4.34. The molecule has 0 fully saturated rings. The van der Waals surface area contributed by atoms with E-state index in [2.05, 4.69) is 4.98 Å². The molecule has 0 aliphatic carbocycles. The van der Waals surface area contributed by atoms with Crippen LogP contribution in [0.15, 0.2) is 48.7 Å². The van der Waals surface area contributed by atoms with Gasteiger partial charge in [-0.25, -0.2) is 9.78 Å². The molecule has 0 radical (unpaired) electrons. The van der Waals surface area contributed by atoms with E-state index in [0.717, 1.165) is 5.56 Å². The highest BCUT2D eigenvalue weighted by molar-refractivity contribution is 5.87. The molecule has 0 saturated carbocycles. The lowest BCUT2D eigenvalue weighted by molar-refractivity contribution is 0.0696. The van der Waals surface area contributed by atoms with E-state index in [1.165, 1.54) is 12.3 Å². The summed E-state index contributed by atoms with van der Waals surface area (Å²) >= 11 is 0. The predicted molar refractivity (Wildman–Crippen MR) is 75.8 cm³/mol. The first-order valence-electron chi connectivity index (χ1n) is 6.30. The van der Waals surface area contributed by atoms with Crippen molar-refractivity contribution in [3.05, 3.63) is 59.8 Å². The summed E-state index contributed by atoms with van der Waals surface area (Å²) in [5.74, 6) is -0.353. The van der Waals surface area contributed by atoms with E-state index in [9.17, 15) is 4.79 Å². The number of benzene rings is 1. The maximum Gasteiger partial charge on any atom is 0.337 e. The van der Waals surface area contributed by atoms with E-state index in [-0.39, 0.29) is 12.2 Å². The summed E-state index contributed by atoms with van der Waals surface area (Å²) in [6.45, 7) is 1.06. The van der Waals surface area contributed by atoms with Gasteiger partial charge in [0.25, 0.3) is 0 Å². The molecule has 0 amide bonds. The molecule has 0 unspecified atom stereocenters. The Balaban J connectivity index is 2.17. The van der Waals surface area contributed by atoms with Crippen LogP contribution in [-0.2, 0) is 6.54 Å². The molecule has 0 aliphatic rings. The SMILES string of the molecule is O=C(O)c1ccc(N(CCO)Cc2ccccc2)nc1. The molecular formula is C15H16N2O3. The molecule has 0 spiro atoms. The van der Waals surface area contributed by atoms with Gasteiger partial charge in [0.05, 0.1) is 12.2 Å². The van der Waals surface area contributed by atoms with Gasteiger partial charge >= 0.3 is 5.97 Å². The average molecular weight is 272 g/mol. The van der Waals surface area contributed by atoms with Gasteiger partial charge in [0.1, 0.15) is 5.82 Å². The monoisotopic (exact) mass is 272 g/mol. The van der Waals surface area contributed by atoms with E-state index < -0.39 is 5.97 Å². The fourth-order valence-electron chi connectivity index (χ4n) is 1.90. The third-order valence-electron chi connectivity index (χ3n) is 2.90. The Morgan fingerprint density at radius 2 is 1.90 bits per heavy atom. The number of aliphatic hydroxyl groups is 1. The Kier molecular flexibility index (Phi) is 4.68. The molecule has 0 atom stereocenters. The lowest BCUT2D eigenvalue weighted by Crippen LogP contribution is -2.27. The number of pyridine rings is 1. The van der Waals surface area contributed by atoms with Crippen LogP contribution >= 0.6 is 0 Å². The van der Waals surface area contributed by atoms with E-state index in [0.29, 0.717) is 18.9 Å². The van der Waals surface area contributed by atoms with E-state index >= 15 is 0 Å². The number of carbonyl (C=O) groups is 1. The highest BCUT2D eigenvalue weighted by atomic mass is 16.4. The fourth-order valence-corrected chi connectivity index (χ4v) is 1.90. The number of nitrogens with zero attached hydrogens (tertiary/aromatic N) is 2. The van der Waals surface area contributed by atoms with Crippen molar-refractivity contribution < 1.29 is 15.0 Å². The zero-order chi connectivity index (χ0) is 14.4. The van der Waals surface area contributed by atoms with Crippen LogP contribution < -0.4 is 4.90 Å². The summed E-state index contributed by atoms with van der Waals surface area (Å²) in [6.07, 6.45) is 1.33. The Hall–Kier alpha value is -2.40. The molecule has 2 aromatic rings. The molecule has 1 heterocycles. The van der Waals surface area contributed by atoms with E-state index in [1.807, 2.05) is 35.2 Å². The van der Waals surface area contributed by atoms with Gasteiger partial charge in [-0.1, -0.05) is 30.3 Å². The number of aromatic carboxylic acids is 1. The lowest BCUT2D eigenvalue weighted by atomic mass is 10.2. The first-order chi connectivity index (χ1) is 9.70. The standard InChI is InChI=1S/C15H16N2O3/c18-9-8-17(11-12-4-2-1-3-5-12)14-7-6-13(10-16-14)15(19)20/h1-7,10,18H,8-9,11H2,(H,19,20). The van der Waals surface area contributed by atoms with Crippen LogP contribution in [0.1, 0.15) is 15.9 Å². The maximum absolute atomic E-state index is 10.8. The second kappa shape index (κ2) is 6.68. The normalized spacial score (nSPS) is 10.2. The number of aromatic nitrogens is 1. The molecule has 2 N–H and O–H groups in total. The number of rotatable bonds is 6. The van der Waals surface area contributed by atoms with Crippen LogP contribution in [0.25, 0.3) is 0 Å². The van der Waals surface area contributed by atoms with Gasteiger partial charge in [0.2, 0.25) is 0 Å². The van der Waals surface area contributed by atoms with Crippen molar-refractivity contribution in [1.82, 2.24) is 4.98 Å². The number of hydrogen-bond acceptors (Lipinski definition) is 4. The molecule has 20 heavy (non-hydrogen) atoms. The topological polar surface area (TPSA) is 73.7 Å². The summed E-state index contributed by atoms with van der Waals surface area (Å²) in [5, 5.41) is 18.0. The minimum atomic E-state index is -0.999. The number of hydrogen-bond donors (Lipinski definition) is 2. The van der Waals surface area contributed by atoms with Crippen LogP contribution in [0.4, 0.5) is 5.82 Å². The first kappa shape index (κ1) is 14.0. The predicted octanol–water partition coefficient (Wildman–Crippen LogP) is 1.78. The van der Waals surface area contributed by atoms with Gasteiger partial charge in [-0.3, -0.25) is 0 Å². The zero-order valence-electron chi connectivity index (χ0n) is 10.9. The van der Waals surface area contributed by atoms with Crippen molar-refractivity contribution >= 4 is 11.8 Å². The molecule has 104 valence electrons. The van der Waals surface area contributed by atoms with Crippen molar-refractivity contribution in [3.63, 3.8) is 0 Å². The highest BCUT2D eigenvalue weighted by Gasteiger charge is 2.10. The van der Waals surface area contributed by atoms with Gasteiger partial charge in [0.15, 0.2) is 0 Å². The second-order valence-corrected chi connectivity index (χ2v) is 4.34. The van der Waals surface area contributed by atoms with Crippen molar-refractivity contribution in [2.24, 2.45) is 0 Å². The number of carboxylic acids is 1. The quantitative estimate of drug-likeness (QED) is 0.838. The highest BCUT2D eigenvalue weighted by Crippen LogP contribution is 2.14. The third kappa shape index (κ3) is 3.55. The Morgan fingerprint density at radius 1 is 1.15 bits per heavy atom. The Morgan fingerprint density at radius 3 is 2.45 bits per heavy atom. The van der Waals surface area contributed by atoms with Crippen LogP contribution in [0.2, 0.25) is 0 Å². The number of anilines is 1. The van der Waals surface area contributed by atoms with Crippen molar-refractivity contribution in [2.75, 3.05) is 18.1 Å². The van der Waals surface area contributed by atoms with Crippen LogP contribution in [0.3, 0.4) is 0 Å². The molecule has 1 aromatic carbocycles. The van der Waals surface area contributed by atoms with Gasteiger partial charge in [-0.05, 0) is 17.7 Å². The first-order valence-corrected chi connectivity index (χ1v) is 6.30. The van der Waals surface area contributed by atoms with E-state index in [1.54, 1.807) is 6.07 Å². The summed E-state index contributed by atoms with van der Waals surface area (Å²) in [4.78, 5) is 16.9. The summed E-state index contributed by atoms with van der Waals surface area (Å²) < 4.78 is 0. The van der Waals surface area contributed by atoms with Crippen molar-refractivity contribution in [1.29, 1.82) is 0 Å². The van der Waals surface area contributed by atoms with Gasteiger partial charge in [-0.15, -0.1) is 0 Å². The van der Waals surface area contributed by atoms with Gasteiger partial charge < -0.3 is 15.1 Å².